The Morgan fingerprint density at radius 3 is 2.60 bits per heavy atom. The number of nitrogens with two attached hydrogens (primary N) is 1. The third-order valence-electron chi connectivity index (χ3n) is 3.18. The van der Waals surface area contributed by atoms with Gasteiger partial charge in [0.1, 0.15) is 0 Å². The van der Waals surface area contributed by atoms with Gasteiger partial charge in [-0.25, -0.2) is 20.2 Å². The lowest BCUT2D eigenvalue weighted by Crippen LogP contribution is -2.13. The second-order valence-corrected chi connectivity index (χ2v) is 4.47. The summed E-state index contributed by atoms with van der Waals surface area (Å²) < 4.78 is 13.7. The number of hydrazine groups is 1. The van der Waals surface area contributed by atoms with Crippen molar-refractivity contribution >= 4 is 16.6 Å². The highest BCUT2D eigenvalue weighted by Crippen LogP contribution is 2.27. The van der Waals surface area contributed by atoms with Crippen LogP contribution in [0.15, 0.2) is 42.5 Å². The van der Waals surface area contributed by atoms with E-state index in [1.807, 2.05) is 42.5 Å². The molecular formula is C15H13FN4. The van der Waals surface area contributed by atoms with E-state index in [1.165, 1.54) is 0 Å². The standard InChI is InChI=1S/C15H13FN4/c1-9-13(16)15(20-17)19-14(18-9)12-8-4-6-10-5-2-3-7-11(10)12/h2-8H,17H2,1H3,(H,18,19,20). The molecule has 0 bridgehead atoms. The quantitative estimate of drug-likeness (QED) is 0.554. The molecule has 0 aliphatic rings. The summed E-state index contributed by atoms with van der Waals surface area (Å²) in [5.41, 5.74) is 3.38. The molecule has 3 aromatic rings. The van der Waals surface area contributed by atoms with Gasteiger partial charge in [0.25, 0.3) is 0 Å². The number of nitrogens with zero attached hydrogens (tertiary/aromatic N) is 2. The van der Waals surface area contributed by atoms with Gasteiger partial charge >= 0.3 is 0 Å². The van der Waals surface area contributed by atoms with E-state index in [9.17, 15) is 4.39 Å². The molecule has 0 radical (unpaired) electrons. The van der Waals surface area contributed by atoms with Gasteiger partial charge in [0.15, 0.2) is 17.5 Å². The van der Waals surface area contributed by atoms with Crippen LogP contribution in [-0.4, -0.2) is 9.97 Å². The van der Waals surface area contributed by atoms with Crippen LogP contribution in [-0.2, 0) is 0 Å². The summed E-state index contributed by atoms with van der Waals surface area (Å²) in [6, 6.07) is 13.8. The number of hydrogen-bond acceptors (Lipinski definition) is 4. The predicted molar refractivity (Wildman–Crippen MR) is 77.5 cm³/mol. The number of rotatable bonds is 2. The fourth-order valence-electron chi connectivity index (χ4n) is 2.20. The number of aromatic nitrogens is 2. The molecule has 20 heavy (non-hydrogen) atoms. The van der Waals surface area contributed by atoms with Crippen molar-refractivity contribution in [3.63, 3.8) is 0 Å². The summed E-state index contributed by atoms with van der Waals surface area (Å²) in [6.45, 7) is 1.59. The molecule has 1 heterocycles. The second-order valence-electron chi connectivity index (χ2n) is 4.47. The van der Waals surface area contributed by atoms with E-state index in [4.69, 9.17) is 5.84 Å². The Bertz CT molecular complexity index is 781. The van der Waals surface area contributed by atoms with Crippen molar-refractivity contribution in [1.82, 2.24) is 9.97 Å². The van der Waals surface area contributed by atoms with Crippen LogP contribution in [0.5, 0.6) is 0 Å². The van der Waals surface area contributed by atoms with E-state index in [0.717, 1.165) is 16.3 Å². The van der Waals surface area contributed by atoms with E-state index in [-0.39, 0.29) is 11.5 Å². The Morgan fingerprint density at radius 1 is 1.05 bits per heavy atom. The summed E-state index contributed by atoms with van der Waals surface area (Å²) >= 11 is 0. The molecule has 0 unspecified atom stereocenters. The number of hydrogen-bond donors (Lipinski definition) is 2. The number of nitrogen functional groups attached to an aromatic ring is 1. The number of halogens is 1. The average Bonchev–Trinajstić information content (AvgIpc) is 2.49. The molecule has 3 N–H and O–H groups in total. The average molecular weight is 268 g/mol. The number of anilines is 1. The van der Waals surface area contributed by atoms with Crippen molar-refractivity contribution in [1.29, 1.82) is 0 Å². The zero-order chi connectivity index (χ0) is 14.1. The molecule has 0 saturated heterocycles. The summed E-state index contributed by atoms with van der Waals surface area (Å²) in [7, 11) is 0. The van der Waals surface area contributed by atoms with Crippen molar-refractivity contribution in [2.24, 2.45) is 5.84 Å². The minimum absolute atomic E-state index is 0.000402. The summed E-state index contributed by atoms with van der Waals surface area (Å²) in [6.07, 6.45) is 0. The smallest absolute Gasteiger partial charge is 0.187 e. The number of aryl methyl sites for hydroxylation is 1. The van der Waals surface area contributed by atoms with E-state index in [0.29, 0.717) is 5.82 Å². The predicted octanol–water partition coefficient (Wildman–Crippen LogP) is 3.03. The summed E-state index contributed by atoms with van der Waals surface area (Å²) in [4.78, 5) is 8.37. The number of nitrogens with one attached hydrogen (secondary N) is 1. The molecule has 100 valence electrons. The van der Waals surface area contributed by atoms with Gasteiger partial charge in [-0.05, 0) is 17.7 Å². The highest BCUT2D eigenvalue weighted by molar-refractivity contribution is 5.95. The molecule has 0 aliphatic heterocycles. The Labute approximate surface area is 115 Å². The van der Waals surface area contributed by atoms with Crippen LogP contribution < -0.4 is 11.3 Å². The molecule has 0 fully saturated rings. The maximum absolute atomic E-state index is 13.7. The van der Waals surface area contributed by atoms with Gasteiger partial charge in [-0.15, -0.1) is 0 Å². The van der Waals surface area contributed by atoms with E-state index >= 15 is 0 Å². The van der Waals surface area contributed by atoms with Gasteiger partial charge in [0, 0.05) is 5.56 Å². The lowest BCUT2D eigenvalue weighted by atomic mass is 10.0. The molecule has 0 aliphatic carbocycles. The van der Waals surface area contributed by atoms with Crippen LogP contribution in [0.3, 0.4) is 0 Å². The zero-order valence-corrected chi connectivity index (χ0v) is 10.9. The van der Waals surface area contributed by atoms with Crippen LogP contribution in [0.4, 0.5) is 10.2 Å². The van der Waals surface area contributed by atoms with E-state index in [1.54, 1.807) is 6.92 Å². The van der Waals surface area contributed by atoms with Crippen LogP contribution in [0.25, 0.3) is 22.2 Å². The van der Waals surface area contributed by atoms with Gasteiger partial charge in [-0.1, -0.05) is 42.5 Å². The SMILES string of the molecule is Cc1nc(-c2cccc3ccccc23)nc(NN)c1F. The third-order valence-corrected chi connectivity index (χ3v) is 3.18. The molecule has 2 aromatic carbocycles. The van der Waals surface area contributed by atoms with E-state index in [2.05, 4.69) is 15.4 Å². The minimum atomic E-state index is -0.531. The largest absolute Gasteiger partial charge is 0.306 e. The van der Waals surface area contributed by atoms with Crippen molar-refractivity contribution in [2.75, 3.05) is 5.43 Å². The minimum Gasteiger partial charge on any atom is -0.306 e. The maximum atomic E-state index is 13.7. The van der Waals surface area contributed by atoms with Gasteiger partial charge in [0.2, 0.25) is 0 Å². The first kappa shape index (κ1) is 12.5. The topological polar surface area (TPSA) is 63.8 Å². The molecule has 0 spiro atoms. The van der Waals surface area contributed by atoms with Crippen molar-refractivity contribution in [3.05, 3.63) is 54.0 Å². The maximum Gasteiger partial charge on any atom is 0.187 e. The van der Waals surface area contributed by atoms with Crippen molar-refractivity contribution < 1.29 is 4.39 Å². The van der Waals surface area contributed by atoms with Gasteiger partial charge < -0.3 is 5.43 Å². The Balaban J connectivity index is 2.28. The molecular weight excluding hydrogens is 255 g/mol. The molecule has 0 atom stereocenters. The monoisotopic (exact) mass is 268 g/mol. The fourth-order valence-corrected chi connectivity index (χ4v) is 2.20. The molecule has 3 rings (SSSR count). The summed E-state index contributed by atoms with van der Waals surface area (Å²) in [5, 5.41) is 2.10. The zero-order valence-electron chi connectivity index (χ0n) is 10.9. The van der Waals surface area contributed by atoms with Gasteiger partial charge in [-0.3, -0.25) is 0 Å². The highest BCUT2D eigenvalue weighted by Gasteiger charge is 2.13. The first-order valence-corrected chi connectivity index (χ1v) is 6.19. The number of benzene rings is 2. The highest BCUT2D eigenvalue weighted by atomic mass is 19.1. The fraction of sp³-hybridized carbons (Fsp3) is 0.0667. The summed E-state index contributed by atoms with van der Waals surface area (Å²) in [5.74, 6) is 5.22. The normalized spacial score (nSPS) is 10.8. The van der Waals surface area contributed by atoms with Crippen LogP contribution in [0, 0.1) is 12.7 Å². The van der Waals surface area contributed by atoms with Crippen molar-refractivity contribution in [3.8, 4) is 11.4 Å². The van der Waals surface area contributed by atoms with Crippen LogP contribution in [0.1, 0.15) is 5.69 Å². The van der Waals surface area contributed by atoms with Gasteiger partial charge in [0.05, 0.1) is 5.69 Å². The van der Waals surface area contributed by atoms with Crippen molar-refractivity contribution in [2.45, 2.75) is 6.92 Å². The Hall–Kier alpha value is -2.53. The first-order chi connectivity index (χ1) is 9.70. The third kappa shape index (κ3) is 1.98. The molecule has 0 amide bonds. The number of fused-ring (bicyclic) bond motifs is 1. The molecule has 4 nitrogen and oxygen atoms in total. The lowest BCUT2D eigenvalue weighted by Gasteiger charge is -2.09. The Kier molecular flexibility index (Phi) is 3.04. The van der Waals surface area contributed by atoms with Crippen LogP contribution >= 0.6 is 0 Å². The molecule has 1 aromatic heterocycles. The Morgan fingerprint density at radius 2 is 1.80 bits per heavy atom. The molecule has 5 heteroatoms. The van der Waals surface area contributed by atoms with E-state index < -0.39 is 5.82 Å². The van der Waals surface area contributed by atoms with Crippen LogP contribution in [0.2, 0.25) is 0 Å². The first-order valence-electron chi connectivity index (χ1n) is 6.19. The molecule has 0 saturated carbocycles. The second kappa shape index (κ2) is 4.86. The lowest BCUT2D eigenvalue weighted by molar-refractivity contribution is 0.606. The van der Waals surface area contributed by atoms with Gasteiger partial charge in [-0.2, -0.15) is 0 Å².